The largest absolute Gasteiger partial charge is 0.493 e. The molecule has 0 aliphatic rings. The lowest BCUT2D eigenvalue weighted by Gasteiger charge is -2.11. The Labute approximate surface area is 201 Å². The van der Waals surface area contributed by atoms with Gasteiger partial charge in [0.25, 0.3) is 11.8 Å². The lowest BCUT2D eigenvalue weighted by atomic mass is 10.1. The Kier molecular flexibility index (Phi) is 8.29. The number of carbonyl (C=O) groups excluding carboxylic acids is 2. The fraction of sp³-hybridized carbons (Fsp3) is 0.125. The Morgan fingerprint density at radius 1 is 0.970 bits per heavy atom. The molecule has 170 valence electrons. The van der Waals surface area contributed by atoms with Crippen molar-refractivity contribution in [2.24, 2.45) is 5.10 Å². The number of anilines is 1. The predicted octanol–water partition coefficient (Wildman–Crippen LogP) is 5.09. The van der Waals surface area contributed by atoms with E-state index in [9.17, 15) is 9.59 Å². The number of aryl methyl sites for hydroxylation is 1. The summed E-state index contributed by atoms with van der Waals surface area (Å²) in [5, 5.41) is 7.38. The summed E-state index contributed by atoms with van der Waals surface area (Å²) in [7, 11) is 1.48. The average Bonchev–Trinajstić information content (AvgIpc) is 2.80. The van der Waals surface area contributed by atoms with Crippen LogP contribution in [0.5, 0.6) is 11.5 Å². The van der Waals surface area contributed by atoms with Gasteiger partial charge in [-0.05, 0) is 61.0 Å². The normalized spacial score (nSPS) is 10.7. The van der Waals surface area contributed by atoms with E-state index in [1.54, 1.807) is 48.5 Å². The predicted molar refractivity (Wildman–Crippen MR) is 130 cm³/mol. The van der Waals surface area contributed by atoms with Crippen LogP contribution in [-0.2, 0) is 4.79 Å². The van der Waals surface area contributed by atoms with Crippen LogP contribution >= 0.6 is 23.2 Å². The van der Waals surface area contributed by atoms with Gasteiger partial charge in [-0.25, -0.2) is 5.43 Å². The second kappa shape index (κ2) is 11.4. The lowest BCUT2D eigenvalue weighted by Crippen LogP contribution is -2.20. The first-order valence-corrected chi connectivity index (χ1v) is 10.6. The van der Waals surface area contributed by atoms with Gasteiger partial charge in [0.2, 0.25) is 0 Å². The third kappa shape index (κ3) is 6.97. The summed E-state index contributed by atoms with van der Waals surface area (Å²) < 4.78 is 10.9. The van der Waals surface area contributed by atoms with Gasteiger partial charge in [0.15, 0.2) is 18.1 Å². The number of nitrogens with zero attached hydrogens (tertiary/aromatic N) is 1. The molecule has 3 rings (SSSR count). The van der Waals surface area contributed by atoms with Crippen LogP contribution in [0.2, 0.25) is 10.0 Å². The summed E-state index contributed by atoms with van der Waals surface area (Å²) in [4.78, 5) is 24.3. The fourth-order valence-corrected chi connectivity index (χ4v) is 3.03. The van der Waals surface area contributed by atoms with Crippen molar-refractivity contribution in [1.82, 2.24) is 5.43 Å². The fourth-order valence-electron chi connectivity index (χ4n) is 2.73. The number of nitrogens with one attached hydrogen (secondary N) is 2. The quantitative estimate of drug-likeness (QED) is 0.343. The van der Waals surface area contributed by atoms with Crippen LogP contribution in [0.4, 0.5) is 5.69 Å². The molecule has 0 radical (unpaired) electrons. The zero-order valence-corrected chi connectivity index (χ0v) is 19.4. The molecule has 2 amide bonds. The van der Waals surface area contributed by atoms with E-state index >= 15 is 0 Å². The van der Waals surface area contributed by atoms with Gasteiger partial charge in [0, 0.05) is 11.3 Å². The topological polar surface area (TPSA) is 89.0 Å². The summed E-state index contributed by atoms with van der Waals surface area (Å²) in [6, 6.07) is 17.0. The maximum absolute atomic E-state index is 12.2. The summed E-state index contributed by atoms with van der Waals surface area (Å²) in [6.45, 7) is 1.71. The maximum Gasteiger partial charge on any atom is 0.271 e. The van der Waals surface area contributed by atoms with Gasteiger partial charge in [0.1, 0.15) is 0 Å². The summed E-state index contributed by atoms with van der Waals surface area (Å²) >= 11 is 11.8. The monoisotopic (exact) mass is 485 g/mol. The zero-order valence-electron chi connectivity index (χ0n) is 17.9. The molecule has 0 saturated carbocycles. The van der Waals surface area contributed by atoms with Crippen LogP contribution in [-0.4, -0.2) is 31.7 Å². The van der Waals surface area contributed by atoms with Gasteiger partial charge in [-0.1, -0.05) is 40.9 Å². The highest BCUT2D eigenvalue weighted by atomic mass is 35.5. The second-order valence-corrected chi connectivity index (χ2v) is 7.76. The van der Waals surface area contributed by atoms with Crippen LogP contribution in [0.3, 0.4) is 0 Å². The number of ether oxygens (including phenoxy) is 2. The summed E-state index contributed by atoms with van der Waals surface area (Å²) in [5.41, 5.74) is 5.23. The minimum atomic E-state index is -0.375. The van der Waals surface area contributed by atoms with E-state index in [1.807, 2.05) is 19.1 Å². The van der Waals surface area contributed by atoms with Crippen molar-refractivity contribution in [2.45, 2.75) is 6.92 Å². The van der Waals surface area contributed by atoms with Gasteiger partial charge >= 0.3 is 0 Å². The van der Waals surface area contributed by atoms with Gasteiger partial charge in [-0.15, -0.1) is 0 Å². The Morgan fingerprint density at radius 3 is 2.42 bits per heavy atom. The van der Waals surface area contributed by atoms with Crippen molar-refractivity contribution in [3.05, 3.63) is 87.4 Å². The van der Waals surface area contributed by atoms with Crippen molar-refractivity contribution in [2.75, 3.05) is 19.0 Å². The first-order chi connectivity index (χ1) is 15.9. The van der Waals surface area contributed by atoms with E-state index in [2.05, 4.69) is 15.8 Å². The van der Waals surface area contributed by atoms with Gasteiger partial charge in [-0.3, -0.25) is 9.59 Å². The van der Waals surface area contributed by atoms with E-state index < -0.39 is 0 Å². The average molecular weight is 486 g/mol. The molecule has 0 aromatic heterocycles. The summed E-state index contributed by atoms with van der Waals surface area (Å²) in [6.07, 6.45) is 1.48. The lowest BCUT2D eigenvalue weighted by molar-refractivity contribution is -0.118. The summed E-state index contributed by atoms with van der Waals surface area (Å²) in [5.74, 6) is 0.0971. The minimum absolute atomic E-state index is 0.239. The van der Waals surface area contributed by atoms with Crippen molar-refractivity contribution in [3.8, 4) is 11.5 Å². The van der Waals surface area contributed by atoms with Crippen LogP contribution in [0.15, 0.2) is 65.8 Å². The highest BCUT2D eigenvalue weighted by molar-refractivity contribution is 6.42. The van der Waals surface area contributed by atoms with Crippen molar-refractivity contribution in [3.63, 3.8) is 0 Å². The Hall–Kier alpha value is -3.55. The number of methoxy groups -OCH3 is 1. The number of benzene rings is 3. The van der Waals surface area contributed by atoms with Gasteiger partial charge in [-0.2, -0.15) is 5.10 Å². The van der Waals surface area contributed by atoms with E-state index in [0.29, 0.717) is 38.4 Å². The molecule has 0 unspecified atom stereocenters. The molecule has 2 N–H and O–H groups in total. The third-order valence-electron chi connectivity index (χ3n) is 4.44. The molecule has 0 fully saturated rings. The van der Waals surface area contributed by atoms with Crippen LogP contribution < -0.4 is 20.2 Å². The molecule has 0 heterocycles. The van der Waals surface area contributed by atoms with E-state index in [0.717, 1.165) is 5.56 Å². The molecular formula is C24H21Cl2N3O4. The number of hydrogen-bond acceptors (Lipinski definition) is 5. The number of carbonyl (C=O) groups is 2. The zero-order chi connectivity index (χ0) is 23.8. The van der Waals surface area contributed by atoms with Crippen molar-refractivity contribution >= 4 is 46.9 Å². The number of hydrazone groups is 1. The Bertz CT molecular complexity index is 1180. The SMILES string of the molecule is COc1cc(/C=N/NC(=O)c2ccc(C)cc2)ccc1OCC(=O)Nc1ccc(Cl)c(Cl)c1. The molecule has 0 saturated heterocycles. The number of hydrogen-bond donors (Lipinski definition) is 2. The van der Waals surface area contributed by atoms with E-state index in [4.69, 9.17) is 32.7 Å². The molecule has 3 aromatic carbocycles. The molecule has 7 nitrogen and oxygen atoms in total. The van der Waals surface area contributed by atoms with E-state index in [1.165, 1.54) is 13.3 Å². The van der Waals surface area contributed by atoms with Crippen molar-refractivity contribution < 1.29 is 19.1 Å². The van der Waals surface area contributed by atoms with Gasteiger partial charge < -0.3 is 14.8 Å². The molecule has 9 heteroatoms. The van der Waals surface area contributed by atoms with Gasteiger partial charge in [0.05, 0.1) is 23.4 Å². The van der Waals surface area contributed by atoms with E-state index in [-0.39, 0.29) is 18.4 Å². The number of halogens is 2. The highest BCUT2D eigenvalue weighted by Gasteiger charge is 2.10. The smallest absolute Gasteiger partial charge is 0.271 e. The molecule has 0 spiro atoms. The molecule has 0 atom stereocenters. The molecule has 0 aliphatic carbocycles. The minimum Gasteiger partial charge on any atom is -0.493 e. The maximum atomic E-state index is 12.2. The molecule has 3 aromatic rings. The van der Waals surface area contributed by atoms with Crippen LogP contribution in [0, 0.1) is 6.92 Å². The Balaban J connectivity index is 1.56. The highest BCUT2D eigenvalue weighted by Crippen LogP contribution is 2.28. The first kappa shape index (κ1) is 24.1. The molecule has 0 bridgehead atoms. The molecular weight excluding hydrogens is 465 g/mol. The van der Waals surface area contributed by atoms with Crippen LogP contribution in [0.25, 0.3) is 0 Å². The van der Waals surface area contributed by atoms with Crippen LogP contribution in [0.1, 0.15) is 21.5 Å². The first-order valence-electron chi connectivity index (χ1n) is 9.81. The number of amides is 2. The second-order valence-electron chi connectivity index (χ2n) is 6.94. The third-order valence-corrected chi connectivity index (χ3v) is 5.18. The molecule has 0 aliphatic heterocycles. The van der Waals surface area contributed by atoms with Crippen molar-refractivity contribution in [1.29, 1.82) is 0 Å². The standard InChI is InChI=1S/C24H21Cl2N3O4/c1-15-3-6-17(7-4-15)24(31)29-27-13-16-5-10-21(22(11-16)32-2)33-14-23(30)28-18-8-9-19(25)20(26)12-18/h3-13H,14H2,1-2H3,(H,28,30)(H,29,31)/b27-13+. The number of rotatable bonds is 8. The Morgan fingerprint density at radius 2 is 1.73 bits per heavy atom. The molecule has 33 heavy (non-hydrogen) atoms.